The monoisotopic (exact) mass is 478 g/mol. The molecule has 6 nitrogen and oxygen atoms in total. The zero-order valence-corrected chi connectivity index (χ0v) is 20.0. The van der Waals surface area contributed by atoms with Crippen LogP contribution in [0.15, 0.2) is 83.8 Å². The molecule has 7 heteroatoms. The Bertz CT molecular complexity index is 1080. The Labute approximate surface area is 203 Å². The van der Waals surface area contributed by atoms with Crippen molar-refractivity contribution in [3.63, 3.8) is 0 Å². The Balaban J connectivity index is 1.21. The highest BCUT2D eigenvalue weighted by Crippen LogP contribution is 2.17. The van der Waals surface area contributed by atoms with Crippen LogP contribution in [0.4, 0.5) is 0 Å². The van der Waals surface area contributed by atoms with Crippen molar-refractivity contribution < 1.29 is 18.8 Å². The van der Waals surface area contributed by atoms with Gasteiger partial charge in [0.05, 0.1) is 4.90 Å². The number of carboxylic acid groups (broad SMARTS) is 1. The van der Waals surface area contributed by atoms with Gasteiger partial charge in [-0.25, -0.2) is 8.51 Å². The summed E-state index contributed by atoms with van der Waals surface area (Å²) in [7, 11) is -1.09. The molecule has 0 amide bonds. The van der Waals surface area contributed by atoms with E-state index in [1.807, 2.05) is 58.9 Å². The number of aryl methyl sites for hydroxylation is 1. The summed E-state index contributed by atoms with van der Waals surface area (Å²) in [5, 5.41) is 8.78. The largest absolute Gasteiger partial charge is 0.489 e. The van der Waals surface area contributed by atoms with Gasteiger partial charge in [0.15, 0.2) is 0 Å². The number of ether oxygens (including phenoxy) is 1. The van der Waals surface area contributed by atoms with Crippen molar-refractivity contribution in [3.05, 3.63) is 95.6 Å². The molecule has 4 rings (SSSR count). The highest BCUT2D eigenvalue weighted by Gasteiger charge is 2.22. The number of aliphatic carboxylic acids is 1. The molecule has 0 aliphatic carbocycles. The number of hydrogen-bond donors (Lipinski definition) is 1. The van der Waals surface area contributed by atoms with E-state index < -0.39 is 17.0 Å². The molecule has 0 saturated carbocycles. The summed E-state index contributed by atoms with van der Waals surface area (Å²) < 4.78 is 20.6. The van der Waals surface area contributed by atoms with Crippen LogP contribution >= 0.6 is 0 Å². The maximum absolute atomic E-state index is 12.7. The maximum atomic E-state index is 12.7. The second-order valence-corrected chi connectivity index (χ2v) is 9.90. The van der Waals surface area contributed by atoms with Crippen LogP contribution in [0, 0.1) is 0 Å². The summed E-state index contributed by atoms with van der Waals surface area (Å²) in [4.78, 5) is 13.9. The molecule has 1 aliphatic rings. The summed E-state index contributed by atoms with van der Waals surface area (Å²) in [6.45, 7) is 4.74. The lowest BCUT2D eigenvalue weighted by atomic mass is 10.1. The Kier molecular flexibility index (Phi) is 8.46. The lowest BCUT2D eigenvalue weighted by Gasteiger charge is -2.33. The van der Waals surface area contributed by atoms with Gasteiger partial charge in [-0.1, -0.05) is 54.6 Å². The van der Waals surface area contributed by atoms with Gasteiger partial charge in [0, 0.05) is 39.1 Å². The molecule has 0 radical (unpaired) electrons. The minimum Gasteiger partial charge on any atom is -0.489 e. The first-order valence-electron chi connectivity index (χ1n) is 11.5. The van der Waals surface area contributed by atoms with Gasteiger partial charge in [-0.3, -0.25) is 9.69 Å². The van der Waals surface area contributed by atoms with Crippen molar-refractivity contribution in [2.45, 2.75) is 30.9 Å². The highest BCUT2D eigenvalue weighted by atomic mass is 32.2. The number of hydrogen-bond acceptors (Lipinski definition) is 4. The lowest BCUT2D eigenvalue weighted by molar-refractivity contribution is -0.136. The summed E-state index contributed by atoms with van der Waals surface area (Å²) in [6.07, 6.45) is 0.659. The van der Waals surface area contributed by atoms with Crippen LogP contribution in [-0.4, -0.2) is 50.7 Å². The molecule has 1 fully saturated rings. The topological polar surface area (TPSA) is 70.1 Å². The van der Waals surface area contributed by atoms with Crippen molar-refractivity contribution in [1.29, 1.82) is 0 Å². The Morgan fingerprint density at radius 1 is 0.824 bits per heavy atom. The number of carbonyl (C=O) groups is 1. The average Bonchev–Trinajstić information content (AvgIpc) is 2.88. The molecule has 1 heterocycles. The zero-order valence-electron chi connectivity index (χ0n) is 19.1. The van der Waals surface area contributed by atoms with E-state index in [-0.39, 0.29) is 6.42 Å². The first kappa shape index (κ1) is 24.1. The number of piperazine rings is 1. The molecule has 3 aromatic rings. The molecular formula is C27H30N2O4S. The second-order valence-electron chi connectivity index (χ2n) is 8.41. The average molecular weight is 479 g/mol. The first-order chi connectivity index (χ1) is 16.6. The van der Waals surface area contributed by atoms with E-state index >= 15 is 0 Å². The maximum Gasteiger partial charge on any atom is 0.303 e. The Morgan fingerprint density at radius 3 is 2.09 bits per heavy atom. The molecule has 1 atom stereocenters. The molecule has 1 aliphatic heterocycles. The van der Waals surface area contributed by atoms with E-state index in [2.05, 4.69) is 29.2 Å². The van der Waals surface area contributed by atoms with Crippen molar-refractivity contribution in [2.24, 2.45) is 0 Å². The van der Waals surface area contributed by atoms with Gasteiger partial charge in [0.2, 0.25) is 0 Å². The van der Waals surface area contributed by atoms with Gasteiger partial charge >= 0.3 is 5.97 Å². The van der Waals surface area contributed by atoms with Crippen LogP contribution in [0.1, 0.15) is 23.1 Å². The molecule has 0 bridgehead atoms. The molecule has 1 unspecified atom stereocenters. The van der Waals surface area contributed by atoms with Gasteiger partial charge in [0.1, 0.15) is 23.3 Å². The normalized spacial score (nSPS) is 15.6. The second kappa shape index (κ2) is 11.9. The summed E-state index contributed by atoms with van der Waals surface area (Å²) in [5.74, 6) is -0.0144. The van der Waals surface area contributed by atoms with Crippen LogP contribution < -0.4 is 4.74 Å². The van der Waals surface area contributed by atoms with E-state index in [0.29, 0.717) is 13.0 Å². The summed E-state index contributed by atoms with van der Waals surface area (Å²) >= 11 is 0. The van der Waals surface area contributed by atoms with E-state index in [1.165, 1.54) is 5.56 Å². The van der Waals surface area contributed by atoms with Gasteiger partial charge in [0.25, 0.3) is 0 Å². The fourth-order valence-corrected chi connectivity index (χ4v) is 5.09. The van der Waals surface area contributed by atoms with E-state index in [9.17, 15) is 9.00 Å². The number of rotatable bonds is 10. The van der Waals surface area contributed by atoms with Crippen LogP contribution in [-0.2, 0) is 35.4 Å². The minimum atomic E-state index is -1.09. The van der Waals surface area contributed by atoms with E-state index in [4.69, 9.17) is 9.84 Å². The Morgan fingerprint density at radius 2 is 1.44 bits per heavy atom. The third kappa shape index (κ3) is 7.00. The molecule has 1 saturated heterocycles. The predicted octanol–water partition coefficient (Wildman–Crippen LogP) is 4.12. The molecule has 0 spiro atoms. The van der Waals surface area contributed by atoms with Gasteiger partial charge in [-0.05, 0) is 47.4 Å². The lowest BCUT2D eigenvalue weighted by Crippen LogP contribution is -2.46. The van der Waals surface area contributed by atoms with Crippen molar-refractivity contribution in [3.8, 4) is 5.75 Å². The fraction of sp³-hybridized carbons (Fsp3) is 0.296. The third-order valence-corrected chi connectivity index (χ3v) is 7.41. The molecule has 178 valence electrons. The summed E-state index contributed by atoms with van der Waals surface area (Å²) in [5.41, 5.74) is 3.34. The fourth-order valence-electron chi connectivity index (χ4n) is 3.91. The number of benzene rings is 3. The molecule has 0 aromatic heterocycles. The van der Waals surface area contributed by atoms with E-state index in [1.54, 1.807) is 0 Å². The standard InChI is InChI=1S/C27H30N2O4S/c30-27(31)15-12-22-10-13-25(14-11-22)33-21-24-8-6-23(7-9-24)20-28-16-18-29(19-17-28)34(32)26-4-2-1-3-5-26/h1-11,13-14H,12,15-21H2,(H,30,31). The quantitative estimate of drug-likeness (QED) is 0.475. The van der Waals surface area contributed by atoms with Crippen LogP contribution in [0.2, 0.25) is 0 Å². The predicted molar refractivity (Wildman–Crippen MR) is 133 cm³/mol. The van der Waals surface area contributed by atoms with Crippen molar-refractivity contribution >= 4 is 17.0 Å². The smallest absolute Gasteiger partial charge is 0.303 e. The molecule has 34 heavy (non-hydrogen) atoms. The number of nitrogens with zero attached hydrogens (tertiary/aromatic N) is 2. The van der Waals surface area contributed by atoms with Crippen LogP contribution in [0.3, 0.4) is 0 Å². The SMILES string of the molecule is O=C(O)CCc1ccc(OCc2ccc(CN3CCN(S(=O)c4ccccc4)CC3)cc2)cc1. The molecular weight excluding hydrogens is 448 g/mol. The van der Waals surface area contributed by atoms with Gasteiger partial charge in [-0.2, -0.15) is 0 Å². The summed E-state index contributed by atoms with van der Waals surface area (Å²) in [6, 6.07) is 25.7. The number of carboxylic acids is 1. The minimum absolute atomic E-state index is 0.134. The Hall–Kier alpha value is -3.00. The zero-order chi connectivity index (χ0) is 23.8. The molecule has 1 N–H and O–H groups in total. The van der Waals surface area contributed by atoms with Gasteiger partial charge in [-0.15, -0.1) is 0 Å². The van der Waals surface area contributed by atoms with Gasteiger partial charge < -0.3 is 9.84 Å². The highest BCUT2D eigenvalue weighted by molar-refractivity contribution is 7.82. The third-order valence-electron chi connectivity index (χ3n) is 5.90. The molecule has 3 aromatic carbocycles. The van der Waals surface area contributed by atoms with Crippen molar-refractivity contribution in [1.82, 2.24) is 9.21 Å². The van der Waals surface area contributed by atoms with E-state index in [0.717, 1.165) is 54.5 Å². The first-order valence-corrected chi connectivity index (χ1v) is 12.6. The van der Waals surface area contributed by atoms with Crippen LogP contribution in [0.25, 0.3) is 0 Å². The van der Waals surface area contributed by atoms with Crippen LogP contribution in [0.5, 0.6) is 5.75 Å². The van der Waals surface area contributed by atoms with Crippen molar-refractivity contribution in [2.75, 3.05) is 26.2 Å².